The number of rotatable bonds is 2. The van der Waals surface area contributed by atoms with E-state index in [-0.39, 0.29) is 42.5 Å². The molecule has 0 spiro atoms. The molecule has 2 aromatic heterocycles. The van der Waals surface area contributed by atoms with Gasteiger partial charge in [-0.2, -0.15) is 0 Å². The van der Waals surface area contributed by atoms with E-state index < -0.39 is 0 Å². The van der Waals surface area contributed by atoms with Gasteiger partial charge in [0.25, 0.3) is 0 Å². The van der Waals surface area contributed by atoms with Crippen molar-refractivity contribution in [3.8, 4) is 11.3 Å². The van der Waals surface area contributed by atoms with Crippen LogP contribution in [-0.2, 0) is 37.7 Å². The molecule has 0 saturated heterocycles. The van der Waals surface area contributed by atoms with E-state index in [0.29, 0.717) is 0 Å². The normalized spacial score (nSPS) is 15.9. The van der Waals surface area contributed by atoms with Crippen LogP contribution in [0.4, 0.5) is 0 Å². The van der Waals surface area contributed by atoms with E-state index in [2.05, 4.69) is 58.7 Å². The first kappa shape index (κ1) is 28.8. The fourth-order valence-electron chi connectivity index (χ4n) is 5.27. The van der Waals surface area contributed by atoms with E-state index in [0.717, 1.165) is 40.7 Å². The molecular weight excluding hydrogens is 639 g/mol. The molecule has 4 aromatic rings. The van der Waals surface area contributed by atoms with E-state index in [9.17, 15) is 4.79 Å². The number of ketones is 1. The van der Waals surface area contributed by atoms with Gasteiger partial charge in [-0.3, -0.25) is 4.79 Å². The number of hydrogen-bond acceptors (Lipinski definition) is 4. The molecule has 1 aliphatic carbocycles. The van der Waals surface area contributed by atoms with Gasteiger partial charge in [0, 0.05) is 48.8 Å². The molecule has 2 aromatic carbocycles. The number of aromatic nitrogens is 1. The zero-order chi connectivity index (χ0) is 26.4. The Balaban J connectivity index is 0.000000422. The number of nitrogens with zero attached hydrogens (tertiary/aromatic N) is 1. The monoisotopic (exact) mass is 675 g/mol. The summed E-state index contributed by atoms with van der Waals surface area (Å²) in [6.45, 7) is 17.0. The third-order valence-corrected chi connectivity index (χ3v) is 8.04. The molecule has 37 heavy (non-hydrogen) atoms. The van der Waals surface area contributed by atoms with Gasteiger partial charge in [-0.15, -0.1) is 35.9 Å². The van der Waals surface area contributed by atoms with Crippen molar-refractivity contribution in [2.45, 2.75) is 68.2 Å². The number of benzene rings is 2. The molecular formula is C32H36IrNO3-. The molecule has 1 aliphatic rings. The number of pyridine rings is 1. The number of carbonyl (C=O) groups is 1. The number of aliphatic hydroxyl groups excluding tert-OH is 1. The molecule has 0 aliphatic heterocycles. The van der Waals surface area contributed by atoms with E-state index in [1.807, 2.05) is 30.5 Å². The van der Waals surface area contributed by atoms with Crippen molar-refractivity contribution in [1.82, 2.24) is 4.98 Å². The summed E-state index contributed by atoms with van der Waals surface area (Å²) in [6, 6.07) is 13.4. The molecule has 4 nitrogen and oxygen atoms in total. The summed E-state index contributed by atoms with van der Waals surface area (Å²) in [5.74, 6) is -0.0625. The molecule has 197 valence electrons. The molecule has 0 fully saturated rings. The minimum absolute atomic E-state index is 0. The number of aryl methyl sites for hydroxylation is 2. The van der Waals surface area contributed by atoms with Crippen molar-refractivity contribution in [3.63, 3.8) is 0 Å². The Hall–Kier alpha value is -2.75. The first-order valence-electron chi connectivity index (χ1n) is 12.5. The van der Waals surface area contributed by atoms with Gasteiger partial charge < -0.3 is 14.5 Å². The van der Waals surface area contributed by atoms with Crippen molar-refractivity contribution in [1.29, 1.82) is 0 Å². The van der Waals surface area contributed by atoms with E-state index in [1.54, 1.807) is 0 Å². The van der Waals surface area contributed by atoms with Crippen LogP contribution in [0.25, 0.3) is 33.2 Å². The second-order valence-electron chi connectivity index (χ2n) is 11.3. The molecule has 5 rings (SSSR count). The summed E-state index contributed by atoms with van der Waals surface area (Å²) < 4.78 is 6.55. The summed E-state index contributed by atoms with van der Waals surface area (Å²) in [4.78, 5) is 14.7. The number of fused-ring (bicyclic) bond motifs is 4. The van der Waals surface area contributed by atoms with Gasteiger partial charge in [0.05, 0.1) is 5.76 Å². The maximum Gasteiger partial charge on any atom is 0.155 e. The summed E-state index contributed by atoms with van der Waals surface area (Å²) >= 11 is 0. The van der Waals surface area contributed by atoms with Gasteiger partial charge in [0.1, 0.15) is 11.2 Å². The molecule has 1 radical (unpaired) electrons. The van der Waals surface area contributed by atoms with Crippen LogP contribution in [-0.4, -0.2) is 15.9 Å². The van der Waals surface area contributed by atoms with E-state index in [4.69, 9.17) is 9.52 Å². The Morgan fingerprint density at radius 2 is 1.62 bits per heavy atom. The predicted molar refractivity (Wildman–Crippen MR) is 147 cm³/mol. The molecule has 1 N–H and O–H groups in total. The Morgan fingerprint density at radius 1 is 1.00 bits per heavy atom. The number of aliphatic hydroxyl groups is 1. The summed E-state index contributed by atoms with van der Waals surface area (Å²) in [5.41, 5.74) is 9.93. The quantitative estimate of drug-likeness (QED) is 0.132. The maximum absolute atomic E-state index is 10.0. The van der Waals surface area contributed by atoms with Crippen LogP contribution in [0.2, 0.25) is 0 Å². The van der Waals surface area contributed by atoms with Gasteiger partial charge in [-0.25, -0.2) is 0 Å². The van der Waals surface area contributed by atoms with Gasteiger partial charge in [-0.1, -0.05) is 27.7 Å². The van der Waals surface area contributed by atoms with Crippen LogP contribution in [0.3, 0.4) is 0 Å². The largest absolute Gasteiger partial charge is 0.512 e. The molecule has 0 amide bonds. The second-order valence-corrected chi connectivity index (χ2v) is 11.3. The first-order valence-corrected chi connectivity index (χ1v) is 12.5. The van der Waals surface area contributed by atoms with Crippen LogP contribution in [0.5, 0.6) is 0 Å². The summed E-state index contributed by atoms with van der Waals surface area (Å²) in [6.07, 6.45) is 5.26. The first-order chi connectivity index (χ1) is 16.8. The molecule has 5 heteroatoms. The van der Waals surface area contributed by atoms with E-state index >= 15 is 0 Å². The minimum Gasteiger partial charge on any atom is -0.512 e. The van der Waals surface area contributed by atoms with Gasteiger partial charge in [0.15, 0.2) is 5.78 Å². The maximum atomic E-state index is 10.0. The zero-order valence-corrected chi connectivity index (χ0v) is 25.4. The van der Waals surface area contributed by atoms with Crippen LogP contribution in [0, 0.1) is 30.7 Å². The molecule has 0 saturated carbocycles. The molecule has 2 heterocycles. The van der Waals surface area contributed by atoms with Crippen molar-refractivity contribution in [2.75, 3.05) is 0 Å². The van der Waals surface area contributed by atoms with Crippen LogP contribution < -0.4 is 0 Å². The number of hydrogen-bond donors (Lipinski definition) is 1. The topological polar surface area (TPSA) is 63.3 Å². The Morgan fingerprint density at radius 3 is 2.14 bits per heavy atom. The second kappa shape index (κ2) is 10.6. The van der Waals surface area contributed by atoms with Crippen molar-refractivity contribution >= 4 is 27.7 Å². The van der Waals surface area contributed by atoms with Gasteiger partial charge >= 0.3 is 0 Å². The van der Waals surface area contributed by atoms with Gasteiger partial charge in [0.2, 0.25) is 0 Å². The SMILES string of the molecule is CC(=O)/C=C(/C)O.Cc1c2c(c(C)c3c1oc1c(-c4[c-]cccc4)nccc13)CC(C)(C)C(C)(C)C2.[Ir]. The fraction of sp³-hybridized carbons (Fsp3) is 0.375. The smallest absolute Gasteiger partial charge is 0.155 e. The van der Waals surface area contributed by atoms with Crippen molar-refractivity contribution < 1.29 is 34.4 Å². The van der Waals surface area contributed by atoms with Gasteiger partial charge in [-0.05, 0) is 79.7 Å². The Bertz CT molecular complexity index is 1490. The average molecular weight is 675 g/mol. The van der Waals surface area contributed by atoms with Crippen molar-refractivity contribution in [2.24, 2.45) is 10.8 Å². The zero-order valence-electron chi connectivity index (χ0n) is 23.0. The number of furan rings is 1. The average Bonchev–Trinajstić information content (AvgIpc) is 3.19. The fourth-order valence-corrected chi connectivity index (χ4v) is 5.27. The van der Waals surface area contributed by atoms with Crippen LogP contribution in [0.1, 0.15) is 63.8 Å². The summed E-state index contributed by atoms with van der Waals surface area (Å²) in [5, 5.41) is 10.8. The van der Waals surface area contributed by atoms with E-state index in [1.165, 1.54) is 47.6 Å². The van der Waals surface area contributed by atoms with Crippen molar-refractivity contribution in [3.05, 3.63) is 76.7 Å². The third-order valence-electron chi connectivity index (χ3n) is 8.04. The number of allylic oxidation sites excluding steroid dienone is 2. The standard InChI is InChI=1S/C27H28NO.C5H8O2.Ir/c1-16-20-14-26(3,4)27(5,6)15-21(20)17(2)24-22(16)19-12-13-28-23(25(19)29-24)18-10-8-7-9-11-18;1-4(6)3-5(2)7;/h7-10,12-13H,14-15H2,1-6H3;3,6H,1-2H3;/q-1;;/b;4-3-;. The van der Waals surface area contributed by atoms with Crippen LogP contribution in [0.15, 0.2) is 52.8 Å². The molecule has 0 bridgehead atoms. The Labute approximate surface area is 233 Å². The minimum atomic E-state index is -0.125. The predicted octanol–water partition coefficient (Wildman–Crippen LogP) is 8.25. The van der Waals surface area contributed by atoms with Crippen LogP contribution >= 0.6 is 0 Å². The molecule has 0 unspecified atom stereocenters. The third kappa shape index (κ3) is 5.30. The summed E-state index contributed by atoms with van der Waals surface area (Å²) in [7, 11) is 0. The number of carbonyl (C=O) groups excluding carboxylic acids is 1. The molecule has 0 atom stereocenters. The Kier molecular flexibility index (Phi) is 8.22.